The Morgan fingerprint density at radius 1 is 1.20 bits per heavy atom. The topological polar surface area (TPSA) is 76.4 Å². The van der Waals surface area contributed by atoms with Gasteiger partial charge in [-0.15, -0.1) is 0 Å². The second-order valence-electron chi connectivity index (χ2n) is 4.02. The summed E-state index contributed by atoms with van der Waals surface area (Å²) in [5.74, 6) is 0.595. The van der Waals surface area contributed by atoms with Crippen molar-refractivity contribution < 1.29 is 9.53 Å². The van der Waals surface area contributed by atoms with E-state index in [0.717, 1.165) is 4.47 Å². The summed E-state index contributed by atoms with van der Waals surface area (Å²) in [6.45, 7) is 0. The van der Waals surface area contributed by atoms with Crippen molar-refractivity contribution >= 4 is 39.0 Å². The number of carbonyl (C=O) groups is 1. The zero-order chi connectivity index (χ0) is 14.5. The smallest absolute Gasteiger partial charge is 0.323 e. The van der Waals surface area contributed by atoms with E-state index in [-0.39, 0.29) is 6.03 Å². The average molecular weight is 336 g/mol. The Kier molecular flexibility index (Phi) is 4.47. The number of hydrogen-bond acceptors (Lipinski definition) is 3. The van der Waals surface area contributed by atoms with Crippen LogP contribution in [0.2, 0.25) is 0 Å². The molecule has 0 radical (unpaired) electrons. The summed E-state index contributed by atoms with van der Waals surface area (Å²) in [6, 6.07) is 12.0. The zero-order valence-corrected chi connectivity index (χ0v) is 12.4. The molecule has 0 atom stereocenters. The molecular formula is C14H14BrN3O2. The number of nitrogen functional groups attached to an aromatic ring is 1. The molecule has 0 saturated carbocycles. The van der Waals surface area contributed by atoms with Gasteiger partial charge in [-0.25, -0.2) is 4.79 Å². The van der Waals surface area contributed by atoms with E-state index in [4.69, 9.17) is 10.5 Å². The molecule has 0 spiro atoms. The Labute approximate surface area is 125 Å². The Hall–Kier alpha value is -2.21. The summed E-state index contributed by atoms with van der Waals surface area (Å²) in [5, 5.41) is 5.42. The van der Waals surface area contributed by atoms with Crippen LogP contribution in [0.3, 0.4) is 0 Å². The van der Waals surface area contributed by atoms with Crippen LogP contribution in [0.5, 0.6) is 5.75 Å². The lowest BCUT2D eigenvalue weighted by atomic mass is 10.3. The van der Waals surface area contributed by atoms with E-state index in [0.29, 0.717) is 22.8 Å². The highest BCUT2D eigenvalue weighted by atomic mass is 79.9. The summed E-state index contributed by atoms with van der Waals surface area (Å²) >= 11 is 3.30. The minimum atomic E-state index is -0.365. The third-order valence-corrected chi connectivity index (χ3v) is 3.33. The number of ether oxygens (including phenoxy) is 1. The quantitative estimate of drug-likeness (QED) is 0.748. The van der Waals surface area contributed by atoms with Crippen LogP contribution in [0.1, 0.15) is 0 Å². The summed E-state index contributed by atoms with van der Waals surface area (Å²) < 4.78 is 5.95. The number of carbonyl (C=O) groups excluding carboxylic acids is 1. The number of benzene rings is 2. The normalized spacial score (nSPS) is 9.90. The van der Waals surface area contributed by atoms with Crippen molar-refractivity contribution in [2.45, 2.75) is 0 Å². The number of nitrogens with two attached hydrogens (primary N) is 1. The van der Waals surface area contributed by atoms with Gasteiger partial charge >= 0.3 is 6.03 Å². The van der Waals surface area contributed by atoms with Gasteiger partial charge in [0.15, 0.2) is 0 Å². The molecule has 6 heteroatoms. The van der Waals surface area contributed by atoms with Crippen molar-refractivity contribution in [1.29, 1.82) is 0 Å². The van der Waals surface area contributed by atoms with Gasteiger partial charge in [-0.05, 0) is 46.3 Å². The largest absolute Gasteiger partial charge is 0.495 e. The summed E-state index contributed by atoms with van der Waals surface area (Å²) in [6.07, 6.45) is 0. The number of anilines is 3. The van der Waals surface area contributed by atoms with E-state index >= 15 is 0 Å². The molecule has 2 aromatic rings. The first-order valence-corrected chi connectivity index (χ1v) is 6.65. The van der Waals surface area contributed by atoms with Crippen LogP contribution in [0, 0.1) is 0 Å². The molecule has 104 valence electrons. The first kappa shape index (κ1) is 14.2. The van der Waals surface area contributed by atoms with Crippen molar-refractivity contribution in [2.24, 2.45) is 0 Å². The van der Waals surface area contributed by atoms with E-state index < -0.39 is 0 Å². The fraction of sp³-hybridized carbons (Fsp3) is 0.0714. The standard InChI is InChI=1S/C14H14BrN3O2/c1-20-13-5-3-2-4-12(13)18-14(19)17-9-6-7-10(15)11(16)8-9/h2-8H,16H2,1H3,(H2,17,18,19). The average Bonchev–Trinajstić information content (AvgIpc) is 2.43. The number of rotatable bonds is 3. The van der Waals surface area contributed by atoms with Gasteiger partial charge in [-0.3, -0.25) is 0 Å². The van der Waals surface area contributed by atoms with E-state index in [9.17, 15) is 4.79 Å². The minimum absolute atomic E-state index is 0.365. The highest BCUT2D eigenvalue weighted by Gasteiger charge is 2.07. The summed E-state index contributed by atoms with van der Waals surface area (Å²) in [5.41, 5.74) is 7.52. The molecule has 0 heterocycles. The number of methoxy groups -OCH3 is 1. The van der Waals surface area contributed by atoms with Gasteiger partial charge in [-0.2, -0.15) is 0 Å². The first-order valence-electron chi connectivity index (χ1n) is 5.86. The summed E-state index contributed by atoms with van der Waals surface area (Å²) in [4.78, 5) is 11.9. The van der Waals surface area contributed by atoms with Gasteiger partial charge in [0.2, 0.25) is 0 Å². The van der Waals surface area contributed by atoms with Crippen LogP contribution in [0.25, 0.3) is 0 Å². The molecule has 0 saturated heterocycles. The molecule has 2 aromatic carbocycles. The van der Waals surface area contributed by atoms with Crippen molar-refractivity contribution in [3.63, 3.8) is 0 Å². The second-order valence-corrected chi connectivity index (χ2v) is 4.87. The lowest BCUT2D eigenvalue weighted by Gasteiger charge is -2.11. The number of hydrogen-bond donors (Lipinski definition) is 3. The highest BCUT2D eigenvalue weighted by Crippen LogP contribution is 2.25. The fourth-order valence-corrected chi connectivity index (χ4v) is 1.90. The molecule has 0 unspecified atom stereocenters. The molecule has 0 fully saturated rings. The molecule has 5 nitrogen and oxygen atoms in total. The van der Waals surface area contributed by atoms with E-state index in [2.05, 4.69) is 26.6 Å². The molecule has 4 N–H and O–H groups in total. The molecule has 0 aliphatic rings. The van der Waals surface area contributed by atoms with Gasteiger partial charge in [0.25, 0.3) is 0 Å². The number of halogens is 1. The predicted molar refractivity (Wildman–Crippen MR) is 84.2 cm³/mol. The maximum absolute atomic E-state index is 11.9. The molecule has 2 amide bonds. The first-order chi connectivity index (χ1) is 9.60. The monoisotopic (exact) mass is 335 g/mol. The second kappa shape index (κ2) is 6.29. The van der Waals surface area contributed by atoms with Crippen molar-refractivity contribution in [3.8, 4) is 5.75 Å². The Morgan fingerprint density at radius 3 is 2.65 bits per heavy atom. The minimum Gasteiger partial charge on any atom is -0.495 e. The Bertz CT molecular complexity index is 632. The van der Waals surface area contributed by atoms with Crippen LogP contribution in [0.15, 0.2) is 46.9 Å². The molecule has 0 aliphatic heterocycles. The van der Waals surface area contributed by atoms with Crippen LogP contribution in [-0.4, -0.2) is 13.1 Å². The van der Waals surface area contributed by atoms with Gasteiger partial charge in [0.05, 0.1) is 12.8 Å². The van der Waals surface area contributed by atoms with Crippen LogP contribution in [0.4, 0.5) is 21.9 Å². The molecular weight excluding hydrogens is 322 g/mol. The highest BCUT2D eigenvalue weighted by molar-refractivity contribution is 9.10. The van der Waals surface area contributed by atoms with Crippen LogP contribution in [-0.2, 0) is 0 Å². The van der Waals surface area contributed by atoms with Gasteiger partial charge in [0, 0.05) is 15.8 Å². The molecule has 0 aromatic heterocycles. The molecule has 2 rings (SSSR count). The number of nitrogens with one attached hydrogen (secondary N) is 2. The van der Waals surface area contributed by atoms with Crippen LogP contribution >= 0.6 is 15.9 Å². The Morgan fingerprint density at radius 2 is 1.95 bits per heavy atom. The number of amides is 2. The van der Waals surface area contributed by atoms with Crippen molar-refractivity contribution in [1.82, 2.24) is 0 Å². The summed E-state index contributed by atoms with van der Waals surface area (Å²) in [7, 11) is 1.55. The lowest BCUT2D eigenvalue weighted by Crippen LogP contribution is -2.19. The predicted octanol–water partition coefficient (Wildman–Crippen LogP) is 3.68. The number of urea groups is 1. The lowest BCUT2D eigenvalue weighted by molar-refractivity contribution is 0.262. The van der Waals surface area contributed by atoms with E-state index in [1.54, 1.807) is 37.4 Å². The van der Waals surface area contributed by atoms with Crippen molar-refractivity contribution in [3.05, 3.63) is 46.9 Å². The fourth-order valence-electron chi connectivity index (χ4n) is 1.65. The van der Waals surface area contributed by atoms with Crippen LogP contribution < -0.4 is 21.1 Å². The molecule has 20 heavy (non-hydrogen) atoms. The van der Waals surface area contributed by atoms with Crippen molar-refractivity contribution in [2.75, 3.05) is 23.5 Å². The molecule has 0 aliphatic carbocycles. The SMILES string of the molecule is COc1ccccc1NC(=O)Nc1ccc(Br)c(N)c1. The Balaban J connectivity index is 2.07. The van der Waals surface area contributed by atoms with E-state index in [1.807, 2.05) is 12.1 Å². The maximum Gasteiger partial charge on any atom is 0.323 e. The zero-order valence-electron chi connectivity index (χ0n) is 10.8. The third kappa shape index (κ3) is 3.42. The third-order valence-electron chi connectivity index (χ3n) is 2.61. The van der Waals surface area contributed by atoms with E-state index in [1.165, 1.54) is 0 Å². The maximum atomic E-state index is 11.9. The van der Waals surface area contributed by atoms with Gasteiger partial charge < -0.3 is 21.1 Å². The van der Waals surface area contributed by atoms with Gasteiger partial charge in [-0.1, -0.05) is 12.1 Å². The molecule has 0 bridgehead atoms. The van der Waals surface area contributed by atoms with Gasteiger partial charge in [0.1, 0.15) is 5.75 Å². The number of para-hydroxylation sites is 2.